The number of benzene rings is 11. The number of ether oxygens (including phenoxy) is 1. The molecule has 0 N–H and O–H groups in total. The molecule has 11 aromatic rings. The predicted molar refractivity (Wildman–Crippen MR) is 414 cm³/mol. The molecule has 0 amide bonds. The van der Waals surface area contributed by atoms with Gasteiger partial charge in [0.1, 0.15) is 5.75 Å². The monoisotopic (exact) mass is 1280 g/mol. The zero-order chi connectivity index (χ0) is 64.6. The fourth-order valence-corrected chi connectivity index (χ4v) is 21.0. The van der Waals surface area contributed by atoms with Gasteiger partial charge in [-0.3, -0.25) is 0 Å². The average molecular weight is 1280 g/mol. The third-order valence-electron chi connectivity index (χ3n) is 23.0. The number of rotatable bonds is 12. The highest BCUT2D eigenvalue weighted by Crippen LogP contribution is 2.63. The Hall–Kier alpha value is -10.1. The number of thioether (sulfide) groups is 1. The van der Waals surface area contributed by atoms with Crippen LogP contribution in [0, 0.1) is 0 Å². The van der Waals surface area contributed by atoms with Crippen LogP contribution in [-0.4, -0.2) is 54.2 Å². The first-order valence-corrected chi connectivity index (χ1v) is 36.7. The van der Waals surface area contributed by atoms with Gasteiger partial charge in [0.05, 0.1) is 23.5 Å². The van der Waals surface area contributed by atoms with Crippen LogP contribution in [0.3, 0.4) is 0 Å². The van der Waals surface area contributed by atoms with E-state index in [4.69, 9.17) is 4.74 Å². The Morgan fingerprint density at radius 1 is 0.459 bits per heavy atom. The molecule has 2 saturated heterocycles. The molecular formula is C90H76B2N4OS. The Balaban J connectivity index is 0.835. The summed E-state index contributed by atoms with van der Waals surface area (Å²) in [6.07, 6.45) is 19.4. The van der Waals surface area contributed by atoms with Crippen LogP contribution < -0.4 is 35.3 Å². The Morgan fingerprint density at radius 2 is 1.05 bits per heavy atom. The molecule has 4 aliphatic carbocycles. The molecule has 10 unspecified atom stereocenters. The van der Waals surface area contributed by atoms with Crippen molar-refractivity contribution in [3.8, 4) is 50.3 Å². The highest BCUT2D eigenvalue weighted by Gasteiger charge is 2.62. The van der Waals surface area contributed by atoms with Crippen molar-refractivity contribution in [3.63, 3.8) is 0 Å². The molecule has 4 heterocycles. The minimum Gasteiger partial charge on any atom is -0.491 e. The lowest BCUT2D eigenvalue weighted by atomic mass is 9.23. The molecule has 4 aliphatic heterocycles. The van der Waals surface area contributed by atoms with E-state index in [-0.39, 0.29) is 65.6 Å². The Kier molecular flexibility index (Phi) is 15.1. The quantitative estimate of drug-likeness (QED) is 0.0892. The molecule has 0 aromatic heterocycles. The number of para-hydroxylation sites is 6. The van der Waals surface area contributed by atoms with Gasteiger partial charge in [-0.05, 0) is 144 Å². The average Bonchev–Trinajstić information content (AvgIpc) is 0.693. The lowest BCUT2D eigenvalue weighted by Gasteiger charge is -2.61. The maximum Gasteiger partial charge on any atom is 0.225 e. The predicted octanol–water partition coefficient (Wildman–Crippen LogP) is 20.5. The Labute approximate surface area is 582 Å². The first-order chi connectivity index (χ1) is 48.6. The van der Waals surface area contributed by atoms with Crippen molar-refractivity contribution in [1.82, 2.24) is 0 Å². The van der Waals surface area contributed by atoms with Crippen molar-refractivity contribution in [2.24, 2.45) is 0 Å². The standard InChI is InChI=1S/C90H76B2N4OS/c1-8-29-61(30-9-1)62-51-53-69(54-52-62)94(79-48-25-22-43-72(79)63-31-10-2-11-32-63)71-56-83-89-87(58-71)98-86-60-81-77(59-78(86)91(89)75-46-23-26-49-80(75)95(83)68-41-20-7-21-42-68)92-76-47-24-27-50-84(76)97-85-57-70(93(66-37-16-5-17-38-66)67-39-18-6-19-40-67)55-82(88(85)92)96(81)90-73(64-33-12-3-13-34-64)44-28-45-74(90)65-35-14-4-15-36-65/h1-18,20-38,41-54,56,59-60,67,70,78,82-83,85-89H,19,39-40,55,57-58H2. The van der Waals surface area contributed by atoms with Gasteiger partial charge < -0.3 is 24.3 Å². The molecule has 98 heavy (non-hydrogen) atoms. The largest absolute Gasteiger partial charge is 0.491 e. The van der Waals surface area contributed by atoms with Gasteiger partial charge in [0, 0.05) is 91.7 Å². The molecule has 1 saturated carbocycles. The molecule has 8 heteroatoms. The molecule has 3 fully saturated rings. The van der Waals surface area contributed by atoms with Gasteiger partial charge in [-0.25, -0.2) is 0 Å². The summed E-state index contributed by atoms with van der Waals surface area (Å²) in [4.78, 5) is 11.2. The molecular weight excluding hydrogens is 1210 g/mol. The van der Waals surface area contributed by atoms with Crippen LogP contribution in [0.1, 0.15) is 38.5 Å². The number of fused-ring (bicyclic) bond motifs is 8. The SMILES string of the molecule is C1=CCC(N(c2ccccc2)C2CC3Oc4ccccc4B4C5=CC6B7c8ccccc8N(c8ccccc8)C8C=C(N(c9ccc(-c%10ccccc%10)cc9)c9ccccc9-c9ccccc9)CC(SC6C=C5N(c5c(-c6ccccc6)cccc5-c5ccccc5)C(C2)C43)C78)CC1. The summed E-state index contributed by atoms with van der Waals surface area (Å²) in [6.45, 7) is 0.340. The van der Waals surface area contributed by atoms with Crippen molar-refractivity contribution < 1.29 is 4.74 Å². The summed E-state index contributed by atoms with van der Waals surface area (Å²) in [5.74, 6) is 1.69. The highest BCUT2D eigenvalue weighted by atomic mass is 32.2. The number of allylic oxidation sites excluding steroid dienone is 4. The third-order valence-corrected chi connectivity index (χ3v) is 24.6. The fourth-order valence-electron chi connectivity index (χ4n) is 19.1. The van der Waals surface area contributed by atoms with Crippen molar-refractivity contribution in [2.45, 2.75) is 96.7 Å². The van der Waals surface area contributed by atoms with E-state index >= 15 is 0 Å². The van der Waals surface area contributed by atoms with E-state index in [1.807, 2.05) is 0 Å². The van der Waals surface area contributed by atoms with Gasteiger partial charge >= 0.3 is 0 Å². The molecule has 0 radical (unpaired) electrons. The van der Waals surface area contributed by atoms with Crippen molar-refractivity contribution in [3.05, 3.63) is 344 Å². The highest BCUT2D eigenvalue weighted by molar-refractivity contribution is 8.01. The molecule has 0 spiro atoms. The smallest absolute Gasteiger partial charge is 0.225 e. The maximum atomic E-state index is 7.73. The number of hydrogen-bond donors (Lipinski definition) is 0. The van der Waals surface area contributed by atoms with Crippen LogP contribution >= 0.6 is 11.8 Å². The molecule has 11 aromatic carbocycles. The van der Waals surface area contributed by atoms with E-state index in [0.717, 1.165) is 50.0 Å². The topological polar surface area (TPSA) is 22.2 Å². The number of anilines is 6. The molecule has 474 valence electrons. The van der Waals surface area contributed by atoms with Crippen LogP contribution in [0.25, 0.3) is 44.5 Å². The van der Waals surface area contributed by atoms with Gasteiger partial charge in [0.25, 0.3) is 0 Å². The molecule has 0 bridgehead atoms. The van der Waals surface area contributed by atoms with Gasteiger partial charge in [0.15, 0.2) is 6.71 Å². The summed E-state index contributed by atoms with van der Waals surface area (Å²) >= 11 is 2.27. The number of hydrogen-bond acceptors (Lipinski definition) is 6. The second kappa shape index (κ2) is 25.1. The van der Waals surface area contributed by atoms with E-state index in [0.29, 0.717) is 6.04 Å². The van der Waals surface area contributed by atoms with Crippen molar-refractivity contribution >= 4 is 70.2 Å². The van der Waals surface area contributed by atoms with Crippen LogP contribution in [-0.2, 0) is 0 Å². The lowest BCUT2D eigenvalue weighted by Crippen LogP contribution is -2.67. The first-order valence-electron chi connectivity index (χ1n) is 35.8. The molecule has 5 nitrogen and oxygen atoms in total. The summed E-state index contributed by atoms with van der Waals surface area (Å²) in [5.41, 5.74) is 24.3. The van der Waals surface area contributed by atoms with Gasteiger partial charge in [0.2, 0.25) is 6.71 Å². The number of nitrogens with zero attached hydrogens (tertiary/aromatic N) is 4. The van der Waals surface area contributed by atoms with E-state index in [9.17, 15) is 0 Å². The normalized spacial score (nSPS) is 23.8. The molecule has 10 atom stereocenters. The van der Waals surface area contributed by atoms with Gasteiger partial charge in [-0.1, -0.05) is 272 Å². The zero-order valence-electron chi connectivity index (χ0n) is 55.0. The molecule has 8 aliphatic rings. The van der Waals surface area contributed by atoms with Crippen LogP contribution in [0.2, 0.25) is 17.5 Å². The minimum absolute atomic E-state index is 0.0346. The summed E-state index contributed by atoms with van der Waals surface area (Å²) in [6, 6.07) is 112. The first kappa shape index (κ1) is 59.2. The van der Waals surface area contributed by atoms with Gasteiger partial charge in [-0.2, -0.15) is 11.8 Å². The minimum atomic E-state index is -0.0357. The van der Waals surface area contributed by atoms with Crippen molar-refractivity contribution in [2.75, 3.05) is 19.6 Å². The van der Waals surface area contributed by atoms with E-state index in [1.54, 1.807) is 0 Å². The van der Waals surface area contributed by atoms with E-state index in [2.05, 4.69) is 359 Å². The molecule has 19 rings (SSSR count). The second-order valence-electron chi connectivity index (χ2n) is 28.2. The van der Waals surface area contributed by atoms with E-state index < -0.39 is 0 Å². The maximum absolute atomic E-state index is 7.73. The summed E-state index contributed by atoms with van der Waals surface area (Å²) in [7, 11) is 0. The Morgan fingerprint density at radius 3 is 1.74 bits per heavy atom. The zero-order valence-corrected chi connectivity index (χ0v) is 55.8. The summed E-state index contributed by atoms with van der Waals surface area (Å²) < 4.78 is 7.73. The van der Waals surface area contributed by atoms with Crippen LogP contribution in [0.5, 0.6) is 5.75 Å². The third kappa shape index (κ3) is 10.1. The lowest BCUT2D eigenvalue weighted by molar-refractivity contribution is 0.121. The summed E-state index contributed by atoms with van der Waals surface area (Å²) in [5, 5.41) is 0.389. The second-order valence-corrected chi connectivity index (χ2v) is 29.6. The fraction of sp³-hybridized carbons (Fsp3) is 0.178. The van der Waals surface area contributed by atoms with Crippen molar-refractivity contribution in [1.29, 1.82) is 0 Å². The Bertz CT molecular complexity index is 4820. The van der Waals surface area contributed by atoms with Crippen LogP contribution in [0.15, 0.2) is 344 Å². The van der Waals surface area contributed by atoms with Gasteiger partial charge in [-0.15, -0.1) is 0 Å². The van der Waals surface area contributed by atoms with Crippen LogP contribution in [0.4, 0.5) is 34.1 Å². The van der Waals surface area contributed by atoms with E-state index in [1.165, 1.54) is 101 Å².